The van der Waals surface area contributed by atoms with Gasteiger partial charge in [-0.2, -0.15) is 0 Å². The summed E-state index contributed by atoms with van der Waals surface area (Å²) in [6.45, 7) is 0.891. The molecule has 0 aliphatic carbocycles. The van der Waals surface area contributed by atoms with E-state index in [9.17, 15) is 4.79 Å². The van der Waals surface area contributed by atoms with E-state index in [0.717, 1.165) is 0 Å². The van der Waals surface area contributed by atoms with Crippen LogP contribution in [0.5, 0.6) is 0 Å². The first kappa shape index (κ1) is 11.8. The van der Waals surface area contributed by atoms with Crippen molar-refractivity contribution in [2.24, 2.45) is 0 Å². The van der Waals surface area contributed by atoms with Crippen LogP contribution in [0.2, 0.25) is 0 Å². The molecule has 0 aliphatic rings. The van der Waals surface area contributed by atoms with Crippen LogP contribution in [0.3, 0.4) is 0 Å². The molecule has 0 unspecified atom stereocenters. The summed E-state index contributed by atoms with van der Waals surface area (Å²) in [6.07, 6.45) is 0. The van der Waals surface area contributed by atoms with E-state index in [4.69, 9.17) is 5.11 Å². The quantitative estimate of drug-likeness (QED) is 0.285. The van der Waals surface area contributed by atoms with E-state index in [-0.39, 0.29) is 58.1 Å². The molecule has 0 aromatic rings. The van der Waals surface area contributed by atoms with Gasteiger partial charge >= 0.3 is 5.97 Å². The number of nitrogens with one attached hydrogen (secondary N) is 1. The molecule has 4 nitrogen and oxygen atoms in total. The van der Waals surface area contributed by atoms with Crippen molar-refractivity contribution < 1.29 is 14.7 Å². The third-order valence-corrected chi connectivity index (χ3v) is 0.280. The molecule has 0 saturated carbocycles. The number of hydrogen-bond donors (Lipinski definition) is 2. The van der Waals surface area contributed by atoms with Crippen LogP contribution in [-0.2, 0) is 9.63 Å². The third-order valence-electron chi connectivity index (χ3n) is 0.280. The molecule has 0 amide bonds. The second kappa shape index (κ2) is 8.03. The van der Waals surface area contributed by atoms with E-state index in [1.807, 2.05) is 5.48 Å². The molecule has 0 bridgehead atoms. The van der Waals surface area contributed by atoms with Crippen molar-refractivity contribution in [3.05, 3.63) is 0 Å². The SMILES string of the molecule is CC(=O)ONCO.[K]. The Morgan fingerprint density at radius 2 is 2.38 bits per heavy atom. The molecule has 2 N–H and O–H groups in total. The molecular formula is C3H7KNO3. The summed E-state index contributed by atoms with van der Waals surface area (Å²) in [5.41, 5.74) is 1.95. The number of hydrogen-bond acceptors (Lipinski definition) is 4. The van der Waals surface area contributed by atoms with Gasteiger partial charge in [-0.15, -0.1) is 5.48 Å². The summed E-state index contributed by atoms with van der Waals surface area (Å²) in [6, 6.07) is 0. The summed E-state index contributed by atoms with van der Waals surface area (Å²) in [5.74, 6) is -0.464. The molecule has 43 valence electrons. The van der Waals surface area contributed by atoms with Gasteiger partial charge in [0.05, 0.1) is 0 Å². The van der Waals surface area contributed by atoms with Gasteiger partial charge in [-0.1, -0.05) is 0 Å². The Kier molecular flexibility index (Phi) is 11.8. The van der Waals surface area contributed by atoms with E-state index in [1.54, 1.807) is 0 Å². The number of aliphatic hydroxyl groups is 1. The molecule has 0 heterocycles. The zero-order chi connectivity index (χ0) is 5.70. The van der Waals surface area contributed by atoms with Crippen LogP contribution in [0.15, 0.2) is 0 Å². The normalized spacial score (nSPS) is 7.25. The molecule has 0 aromatic carbocycles. The first-order valence-electron chi connectivity index (χ1n) is 1.78. The summed E-state index contributed by atoms with van der Waals surface area (Å²) in [5, 5.41) is 7.93. The fraction of sp³-hybridized carbons (Fsp3) is 0.667. The largest absolute Gasteiger partial charge is 0.378 e. The molecule has 8 heavy (non-hydrogen) atoms. The fourth-order valence-electron chi connectivity index (χ4n) is 0.134. The number of hydroxylamine groups is 1. The first-order valence-corrected chi connectivity index (χ1v) is 1.78. The van der Waals surface area contributed by atoms with Crippen molar-refractivity contribution in [2.45, 2.75) is 6.92 Å². The second-order valence-corrected chi connectivity index (χ2v) is 0.896. The molecule has 0 aliphatic heterocycles. The van der Waals surface area contributed by atoms with E-state index in [2.05, 4.69) is 4.84 Å². The second-order valence-electron chi connectivity index (χ2n) is 0.896. The van der Waals surface area contributed by atoms with Crippen molar-refractivity contribution in [1.82, 2.24) is 5.48 Å². The number of rotatable bonds is 2. The fourth-order valence-corrected chi connectivity index (χ4v) is 0.134. The van der Waals surface area contributed by atoms with E-state index >= 15 is 0 Å². The minimum Gasteiger partial charge on any atom is -0.378 e. The van der Waals surface area contributed by atoms with E-state index in [1.165, 1.54) is 6.92 Å². The van der Waals surface area contributed by atoms with Crippen molar-refractivity contribution >= 4 is 57.4 Å². The number of aliphatic hydroxyl groups excluding tert-OH is 1. The number of carbonyl (C=O) groups is 1. The van der Waals surface area contributed by atoms with Crippen LogP contribution in [0.25, 0.3) is 0 Å². The molecule has 0 spiro atoms. The maximum atomic E-state index is 9.81. The average Bonchev–Trinajstić information content (AvgIpc) is 1.61. The summed E-state index contributed by atoms with van der Waals surface area (Å²) in [4.78, 5) is 13.9. The predicted molar refractivity (Wildman–Crippen MR) is 27.7 cm³/mol. The van der Waals surface area contributed by atoms with Gasteiger partial charge in [-0.25, -0.2) is 0 Å². The predicted octanol–water partition coefficient (Wildman–Crippen LogP) is -1.38. The van der Waals surface area contributed by atoms with Crippen LogP contribution >= 0.6 is 0 Å². The van der Waals surface area contributed by atoms with Crippen LogP contribution in [0, 0.1) is 0 Å². The Bertz CT molecular complexity index is 67.5. The van der Waals surface area contributed by atoms with Gasteiger partial charge < -0.3 is 9.94 Å². The van der Waals surface area contributed by atoms with Gasteiger partial charge in [0.25, 0.3) is 0 Å². The topological polar surface area (TPSA) is 58.6 Å². The van der Waals surface area contributed by atoms with Crippen molar-refractivity contribution in [3.63, 3.8) is 0 Å². The van der Waals surface area contributed by atoms with Gasteiger partial charge in [0.2, 0.25) is 0 Å². The monoisotopic (exact) mass is 144 g/mol. The Hall–Kier alpha value is 1.03. The molecule has 5 heteroatoms. The van der Waals surface area contributed by atoms with Gasteiger partial charge in [0, 0.05) is 58.3 Å². The van der Waals surface area contributed by atoms with Gasteiger partial charge in [-0.05, 0) is 0 Å². The Balaban J connectivity index is 0. The smallest absolute Gasteiger partial charge is 0.321 e. The van der Waals surface area contributed by atoms with Crippen molar-refractivity contribution in [1.29, 1.82) is 0 Å². The molecule has 0 atom stereocenters. The summed E-state index contributed by atoms with van der Waals surface area (Å²) < 4.78 is 0. The Morgan fingerprint density at radius 1 is 1.88 bits per heavy atom. The summed E-state index contributed by atoms with van der Waals surface area (Å²) in [7, 11) is 0. The standard InChI is InChI=1S/C3H7NO3.K/c1-3(6)7-4-2-5;/h4-5H,2H2,1H3;. The minimum atomic E-state index is -0.464. The maximum absolute atomic E-state index is 9.81. The average molecular weight is 144 g/mol. The number of carbonyl (C=O) groups excluding carboxylic acids is 1. The van der Waals surface area contributed by atoms with Crippen LogP contribution in [0.4, 0.5) is 0 Å². The molecular weight excluding hydrogens is 137 g/mol. The first-order chi connectivity index (χ1) is 3.27. The zero-order valence-electron chi connectivity index (χ0n) is 4.97. The van der Waals surface area contributed by atoms with Gasteiger partial charge in [-0.3, -0.25) is 4.79 Å². The van der Waals surface area contributed by atoms with Crippen molar-refractivity contribution in [3.8, 4) is 0 Å². The van der Waals surface area contributed by atoms with Crippen LogP contribution in [-0.4, -0.2) is 69.2 Å². The zero-order valence-corrected chi connectivity index (χ0v) is 8.09. The Morgan fingerprint density at radius 3 is 2.50 bits per heavy atom. The molecule has 1 radical (unpaired) electrons. The van der Waals surface area contributed by atoms with Crippen LogP contribution < -0.4 is 5.48 Å². The molecule has 0 saturated heterocycles. The summed E-state index contributed by atoms with van der Waals surface area (Å²) >= 11 is 0. The minimum absolute atomic E-state index is 0. The Labute approximate surface area is 90.0 Å². The third kappa shape index (κ3) is 10.1. The van der Waals surface area contributed by atoms with E-state index in [0.29, 0.717) is 0 Å². The molecule has 0 fully saturated rings. The molecule has 0 rings (SSSR count). The van der Waals surface area contributed by atoms with Crippen molar-refractivity contribution in [2.75, 3.05) is 6.73 Å². The van der Waals surface area contributed by atoms with Crippen LogP contribution in [0.1, 0.15) is 6.92 Å². The maximum Gasteiger partial charge on any atom is 0.321 e. The van der Waals surface area contributed by atoms with E-state index < -0.39 is 5.97 Å². The molecule has 0 aromatic heterocycles. The van der Waals surface area contributed by atoms with Gasteiger partial charge in [0.15, 0.2) is 0 Å². The van der Waals surface area contributed by atoms with Gasteiger partial charge in [0.1, 0.15) is 6.73 Å².